The molecule has 1 saturated heterocycles. The number of hydrogen-bond acceptors (Lipinski definition) is 3. The summed E-state index contributed by atoms with van der Waals surface area (Å²) in [6, 6.07) is 0. The number of ether oxygens (including phenoxy) is 1. The van der Waals surface area contributed by atoms with Gasteiger partial charge in [0.15, 0.2) is 0 Å². The van der Waals surface area contributed by atoms with Gasteiger partial charge in [-0.25, -0.2) is 0 Å². The van der Waals surface area contributed by atoms with Gasteiger partial charge in [-0.05, 0) is 32.1 Å². The van der Waals surface area contributed by atoms with Crippen molar-refractivity contribution in [2.24, 2.45) is 0 Å². The number of amides is 1. The van der Waals surface area contributed by atoms with E-state index < -0.39 is 0 Å². The molecule has 1 atom stereocenters. The predicted octanol–water partition coefficient (Wildman–Crippen LogP) is 2.28. The lowest BCUT2D eigenvalue weighted by Crippen LogP contribution is -2.44. The monoisotopic (exact) mass is 268 g/mol. The highest BCUT2D eigenvalue weighted by Gasteiger charge is 2.51. The number of rotatable bonds is 7. The molecule has 1 amide bonds. The molecule has 4 heteroatoms. The van der Waals surface area contributed by atoms with E-state index in [4.69, 9.17) is 4.74 Å². The van der Waals surface area contributed by atoms with Crippen LogP contribution in [0.15, 0.2) is 0 Å². The van der Waals surface area contributed by atoms with Gasteiger partial charge in [0, 0.05) is 19.8 Å². The summed E-state index contributed by atoms with van der Waals surface area (Å²) in [5.74, 6) is 0.340. The fourth-order valence-electron chi connectivity index (χ4n) is 3.37. The average molecular weight is 268 g/mol. The molecule has 2 aliphatic rings. The molecular weight excluding hydrogens is 240 g/mol. The summed E-state index contributed by atoms with van der Waals surface area (Å²) in [7, 11) is 0. The Balaban J connectivity index is 1.85. The van der Waals surface area contributed by atoms with E-state index in [0.29, 0.717) is 5.91 Å². The van der Waals surface area contributed by atoms with Gasteiger partial charge < -0.3 is 9.64 Å². The second-order valence-electron chi connectivity index (χ2n) is 5.82. The topological polar surface area (TPSA) is 41.6 Å². The van der Waals surface area contributed by atoms with Crippen LogP contribution in [0.4, 0.5) is 0 Å². The van der Waals surface area contributed by atoms with Crippen LogP contribution >= 0.6 is 0 Å². The molecule has 19 heavy (non-hydrogen) atoms. The van der Waals surface area contributed by atoms with Crippen molar-refractivity contribution >= 4 is 5.91 Å². The maximum Gasteiger partial charge on any atom is 0.244 e. The number of hydrogen-bond donors (Lipinski definition) is 1. The number of nitrogens with one attached hydrogen (secondary N) is 1. The Morgan fingerprint density at radius 2 is 2.05 bits per heavy atom. The van der Waals surface area contributed by atoms with E-state index in [9.17, 15) is 4.79 Å². The molecule has 1 unspecified atom stereocenters. The quantitative estimate of drug-likeness (QED) is 0.720. The molecule has 2 fully saturated rings. The Bertz CT molecular complexity index is 301. The van der Waals surface area contributed by atoms with Gasteiger partial charge in [0.2, 0.25) is 5.91 Å². The van der Waals surface area contributed by atoms with Gasteiger partial charge in [-0.1, -0.05) is 26.7 Å². The van der Waals surface area contributed by atoms with E-state index in [1.165, 1.54) is 12.8 Å². The summed E-state index contributed by atoms with van der Waals surface area (Å²) in [5.41, 5.74) is -0.217. The minimum atomic E-state index is -0.217. The first-order valence-corrected chi connectivity index (χ1v) is 7.90. The number of carbonyl (C=O) groups is 1. The van der Waals surface area contributed by atoms with Crippen molar-refractivity contribution in [3.05, 3.63) is 0 Å². The Morgan fingerprint density at radius 3 is 2.68 bits per heavy atom. The number of carbonyl (C=O) groups excluding carboxylic acids is 1. The SMILES string of the molecule is CCCOCCCN1C(=O)C2(CCCC2)NC1CC. The zero-order valence-corrected chi connectivity index (χ0v) is 12.4. The molecule has 0 bridgehead atoms. The first-order valence-electron chi connectivity index (χ1n) is 7.90. The van der Waals surface area contributed by atoms with E-state index in [-0.39, 0.29) is 11.7 Å². The van der Waals surface area contributed by atoms with Crippen molar-refractivity contribution in [1.29, 1.82) is 0 Å². The second-order valence-corrected chi connectivity index (χ2v) is 5.82. The van der Waals surface area contributed by atoms with Crippen LogP contribution in [0.1, 0.15) is 58.8 Å². The third kappa shape index (κ3) is 3.11. The van der Waals surface area contributed by atoms with Crippen LogP contribution in [-0.2, 0) is 9.53 Å². The summed E-state index contributed by atoms with van der Waals surface area (Å²) in [6.07, 6.45) is 7.63. The number of nitrogens with zero attached hydrogens (tertiary/aromatic N) is 1. The molecule has 1 aliphatic heterocycles. The van der Waals surface area contributed by atoms with Crippen LogP contribution in [0.2, 0.25) is 0 Å². The Kier molecular flexibility index (Phi) is 5.22. The van der Waals surface area contributed by atoms with Gasteiger partial charge in [0.25, 0.3) is 0 Å². The minimum absolute atomic E-state index is 0.217. The van der Waals surface area contributed by atoms with E-state index >= 15 is 0 Å². The van der Waals surface area contributed by atoms with Crippen LogP contribution in [0, 0.1) is 0 Å². The fraction of sp³-hybridized carbons (Fsp3) is 0.933. The third-order valence-electron chi connectivity index (χ3n) is 4.37. The lowest BCUT2D eigenvalue weighted by molar-refractivity contribution is -0.133. The van der Waals surface area contributed by atoms with Crippen molar-refractivity contribution in [2.75, 3.05) is 19.8 Å². The second kappa shape index (κ2) is 6.71. The summed E-state index contributed by atoms with van der Waals surface area (Å²) in [5, 5.41) is 3.60. The summed E-state index contributed by atoms with van der Waals surface area (Å²) in [4.78, 5) is 14.7. The molecule has 110 valence electrons. The zero-order chi connectivity index (χ0) is 13.7. The molecule has 0 aromatic rings. The highest BCUT2D eigenvalue weighted by molar-refractivity contribution is 5.89. The molecule has 0 radical (unpaired) electrons. The van der Waals surface area contributed by atoms with Crippen molar-refractivity contribution < 1.29 is 9.53 Å². The first kappa shape index (κ1) is 14.8. The lowest BCUT2D eigenvalue weighted by Gasteiger charge is -2.23. The largest absolute Gasteiger partial charge is 0.381 e. The molecule has 1 spiro atoms. The highest BCUT2D eigenvalue weighted by Crippen LogP contribution is 2.36. The van der Waals surface area contributed by atoms with Crippen LogP contribution in [0.5, 0.6) is 0 Å². The van der Waals surface area contributed by atoms with E-state index in [1.807, 2.05) is 0 Å². The van der Waals surface area contributed by atoms with Crippen LogP contribution in [0.3, 0.4) is 0 Å². The van der Waals surface area contributed by atoms with Crippen molar-refractivity contribution in [3.63, 3.8) is 0 Å². The van der Waals surface area contributed by atoms with Gasteiger partial charge in [-0.3, -0.25) is 10.1 Å². The molecule has 1 heterocycles. The smallest absolute Gasteiger partial charge is 0.244 e. The van der Waals surface area contributed by atoms with E-state index in [2.05, 4.69) is 24.1 Å². The minimum Gasteiger partial charge on any atom is -0.381 e. The normalized spacial score (nSPS) is 25.7. The van der Waals surface area contributed by atoms with Crippen LogP contribution in [-0.4, -0.2) is 42.3 Å². The fourth-order valence-corrected chi connectivity index (χ4v) is 3.37. The Labute approximate surface area is 116 Å². The van der Waals surface area contributed by atoms with Gasteiger partial charge in [0.05, 0.1) is 11.7 Å². The predicted molar refractivity (Wildman–Crippen MR) is 75.9 cm³/mol. The van der Waals surface area contributed by atoms with Crippen LogP contribution < -0.4 is 5.32 Å². The lowest BCUT2D eigenvalue weighted by atomic mass is 9.98. The Hall–Kier alpha value is -0.610. The van der Waals surface area contributed by atoms with Gasteiger partial charge in [0.1, 0.15) is 0 Å². The maximum atomic E-state index is 12.6. The molecule has 1 saturated carbocycles. The molecule has 0 aromatic heterocycles. The summed E-state index contributed by atoms with van der Waals surface area (Å²) >= 11 is 0. The molecule has 2 rings (SSSR count). The van der Waals surface area contributed by atoms with Crippen molar-refractivity contribution in [1.82, 2.24) is 10.2 Å². The van der Waals surface area contributed by atoms with Gasteiger partial charge in [-0.2, -0.15) is 0 Å². The molecule has 1 aliphatic carbocycles. The van der Waals surface area contributed by atoms with Gasteiger partial charge in [-0.15, -0.1) is 0 Å². The van der Waals surface area contributed by atoms with Crippen molar-refractivity contribution in [2.45, 2.75) is 70.5 Å². The van der Waals surface area contributed by atoms with E-state index in [1.54, 1.807) is 0 Å². The Morgan fingerprint density at radius 1 is 1.32 bits per heavy atom. The zero-order valence-electron chi connectivity index (χ0n) is 12.4. The standard InChI is InChI=1S/C15H28N2O2/c1-3-11-19-12-7-10-17-13(4-2)16-15(14(17)18)8-5-6-9-15/h13,16H,3-12H2,1-2H3. The highest BCUT2D eigenvalue weighted by atomic mass is 16.5. The van der Waals surface area contributed by atoms with Gasteiger partial charge >= 0.3 is 0 Å². The molecule has 1 N–H and O–H groups in total. The van der Waals surface area contributed by atoms with Crippen molar-refractivity contribution in [3.8, 4) is 0 Å². The molecular formula is C15H28N2O2. The first-order chi connectivity index (χ1) is 9.23. The maximum absolute atomic E-state index is 12.6. The summed E-state index contributed by atoms with van der Waals surface area (Å²) in [6.45, 7) is 6.69. The average Bonchev–Trinajstić information content (AvgIpc) is 2.99. The van der Waals surface area contributed by atoms with E-state index in [0.717, 1.165) is 51.9 Å². The van der Waals surface area contributed by atoms with Crippen LogP contribution in [0.25, 0.3) is 0 Å². The molecule has 0 aromatic carbocycles. The summed E-state index contributed by atoms with van der Waals surface area (Å²) < 4.78 is 5.51. The molecule has 4 nitrogen and oxygen atoms in total. The third-order valence-corrected chi connectivity index (χ3v) is 4.37.